The number of benzene rings is 1. The number of imidazole rings is 2. The molecule has 0 bridgehead atoms. The van der Waals surface area contributed by atoms with E-state index in [0.29, 0.717) is 12.0 Å². The fourth-order valence-corrected chi connectivity index (χ4v) is 5.17. The number of pyridine rings is 1. The Morgan fingerprint density at radius 3 is 3.06 bits per heavy atom. The lowest BCUT2D eigenvalue weighted by Crippen LogP contribution is -2.26. The number of rotatable bonds is 3. The second-order valence-corrected chi connectivity index (χ2v) is 8.78. The Kier molecular flexibility index (Phi) is 4.23. The van der Waals surface area contributed by atoms with Crippen molar-refractivity contribution in [1.29, 1.82) is 5.26 Å². The highest BCUT2D eigenvalue weighted by molar-refractivity contribution is 7.14. The quantitative estimate of drug-likeness (QED) is 0.432. The molecule has 8 nitrogen and oxygen atoms in total. The molecule has 154 valence electrons. The minimum atomic E-state index is 0.189. The minimum absolute atomic E-state index is 0.189. The predicted octanol–water partition coefficient (Wildman–Crippen LogP) is 3.89. The normalized spacial score (nSPS) is 19.4. The summed E-state index contributed by atoms with van der Waals surface area (Å²) in [6, 6.07) is 8.16. The SMILES string of the molecule is C[C@@H]1C[C@H](n2c(Cc3cn4ncsc4n3)nc3cnc4ccc(C#N)cc4c32)CCO1. The third-order valence-corrected chi connectivity index (χ3v) is 6.60. The highest BCUT2D eigenvalue weighted by Gasteiger charge is 2.27. The molecule has 2 atom stereocenters. The maximum Gasteiger partial charge on any atom is 0.212 e. The number of hydrogen-bond donors (Lipinski definition) is 0. The maximum atomic E-state index is 9.45. The molecule has 5 aromatic rings. The largest absolute Gasteiger partial charge is 0.378 e. The topological polar surface area (TPSA) is 93.9 Å². The van der Waals surface area contributed by atoms with Crippen LogP contribution in [0.4, 0.5) is 0 Å². The van der Waals surface area contributed by atoms with Crippen LogP contribution in [0.25, 0.3) is 26.9 Å². The monoisotopic (exact) mass is 429 g/mol. The van der Waals surface area contributed by atoms with Crippen molar-refractivity contribution < 1.29 is 4.74 Å². The van der Waals surface area contributed by atoms with Gasteiger partial charge >= 0.3 is 0 Å². The van der Waals surface area contributed by atoms with E-state index >= 15 is 0 Å². The van der Waals surface area contributed by atoms with E-state index in [1.165, 1.54) is 11.3 Å². The van der Waals surface area contributed by atoms with Crippen LogP contribution in [0, 0.1) is 11.3 Å². The molecule has 0 spiro atoms. The summed E-state index contributed by atoms with van der Waals surface area (Å²) >= 11 is 1.52. The molecule has 0 amide bonds. The van der Waals surface area contributed by atoms with Gasteiger partial charge in [0.15, 0.2) is 0 Å². The van der Waals surface area contributed by atoms with Gasteiger partial charge in [-0.2, -0.15) is 10.4 Å². The number of nitriles is 1. The van der Waals surface area contributed by atoms with Crippen LogP contribution in [0.3, 0.4) is 0 Å². The Labute approximate surface area is 181 Å². The van der Waals surface area contributed by atoms with Crippen molar-refractivity contribution in [1.82, 2.24) is 29.1 Å². The lowest BCUT2D eigenvalue weighted by atomic mass is 10.0. The van der Waals surface area contributed by atoms with Crippen molar-refractivity contribution >= 4 is 38.2 Å². The Balaban J connectivity index is 1.57. The van der Waals surface area contributed by atoms with Crippen molar-refractivity contribution in [3.8, 4) is 6.07 Å². The molecule has 9 heteroatoms. The Morgan fingerprint density at radius 2 is 2.23 bits per heavy atom. The van der Waals surface area contributed by atoms with E-state index in [4.69, 9.17) is 14.7 Å². The molecule has 31 heavy (non-hydrogen) atoms. The third-order valence-electron chi connectivity index (χ3n) is 5.92. The summed E-state index contributed by atoms with van der Waals surface area (Å²) in [5, 5.41) is 14.7. The summed E-state index contributed by atoms with van der Waals surface area (Å²) in [7, 11) is 0. The number of ether oxygens (including phenoxy) is 1. The van der Waals surface area contributed by atoms with Crippen LogP contribution in [0.15, 0.2) is 36.1 Å². The first kappa shape index (κ1) is 18.4. The number of aromatic nitrogens is 6. The van der Waals surface area contributed by atoms with E-state index in [1.54, 1.807) is 10.0 Å². The van der Waals surface area contributed by atoms with Gasteiger partial charge in [-0.05, 0) is 38.0 Å². The molecular weight excluding hydrogens is 410 g/mol. The van der Waals surface area contributed by atoms with Crippen molar-refractivity contribution in [3.05, 3.63) is 53.2 Å². The number of hydrogen-bond acceptors (Lipinski definition) is 7. The van der Waals surface area contributed by atoms with Gasteiger partial charge in [-0.3, -0.25) is 4.98 Å². The second kappa shape index (κ2) is 7.11. The van der Waals surface area contributed by atoms with Crippen LogP contribution < -0.4 is 0 Å². The first-order chi connectivity index (χ1) is 15.2. The summed E-state index contributed by atoms with van der Waals surface area (Å²) in [6.45, 7) is 2.84. The van der Waals surface area contributed by atoms with Crippen LogP contribution in [-0.2, 0) is 11.2 Å². The lowest BCUT2D eigenvalue weighted by Gasteiger charge is -2.30. The smallest absolute Gasteiger partial charge is 0.212 e. The first-order valence-corrected chi connectivity index (χ1v) is 11.2. The average molecular weight is 430 g/mol. The van der Waals surface area contributed by atoms with Gasteiger partial charge in [-0.15, -0.1) is 0 Å². The summed E-state index contributed by atoms with van der Waals surface area (Å²) in [6.07, 6.45) is 6.43. The second-order valence-electron chi connectivity index (χ2n) is 7.97. The van der Waals surface area contributed by atoms with Gasteiger partial charge in [0, 0.05) is 24.5 Å². The summed E-state index contributed by atoms with van der Waals surface area (Å²) < 4.78 is 9.97. The van der Waals surface area contributed by atoms with Crippen LogP contribution in [0.1, 0.15) is 42.9 Å². The highest BCUT2D eigenvalue weighted by atomic mass is 32.1. The molecule has 0 aliphatic carbocycles. The average Bonchev–Trinajstić information content (AvgIpc) is 3.46. The van der Waals surface area contributed by atoms with Crippen LogP contribution in [0.2, 0.25) is 0 Å². The van der Waals surface area contributed by atoms with E-state index in [-0.39, 0.29) is 12.1 Å². The van der Waals surface area contributed by atoms with Crippen molar-refractivity contribution in [2.45, 2.75) is 38.3 Å². The van der Waals surface area contributed by atoms with Gasteiger partial charge in [0.2, 0.25) is 4.96 Å². The van der Waals surface area contributed by atoms with Crippen molar-refractivity contribution in [3.63, 3.8) is 0 Å². The van der Waals surface area contributed by atoms with Crippen LogP contribution in [-0.4, -0.2) is 41.8 Å². The molecule has 1 aliphatic heterocycles. The molecule has 1 aliphatic rings. The zero-order valence-corrected chi connectivity index (χ0v) is 17.7. The molecular formula is C22H19N7OS. The van der Waals surface area contributed by atoms with Crippen molar-refractivity contribution in [2.75, 3.05) is 6.61 Å². The zero-order chi connectivity index (χ0) is 20.9. The molecule has 0 N–H and O–H groups in total. The van der Waals surface area contributed by atoms with Gasteiger partial charge in [0.1, 0.15) is 16.9 Å². The molecule has 0 saturated carbocycles. The third kappa shape index (κ3) is 3.07. The van der Waals surface area contributed by atoms with E-state index in [1.807, 2.05) is 30.6 Å². The molecule has 5 heterocycles. The molecule has 6 rings (SSSR count). The van der Waals surface area contributed by atoms with Gasteiger partial charge in [0.25, 0.3) is 0 Å². The van der Waals surface area contributed by atoms with Crippen LogP contribution in [0.5, 0.6) is 0 Å². The van der Waals surface area contributed by atoms with Crippen molar-refractivity contribution in [2.24, 2.45) is 0 Å². The van der Waals surface area contributed by atoms with Gasteiger partial charge < -0.3 is 9.30 Å². The van der Waals surface area contributed by atoms with E-state index in [0.717, 1.165) is 57.9 Å². The van der Waals surface area contributed by atoms with Gasteiger partial charge in [-0.1, -0.05) is 11.3 Å². The summed E-state index contributed by atoms with van der Waals surface area (Å²) in [5.74, 6) is 0.955. The van der Waals surface area contributed by atoms with E-state index in [9.17, 15) is 5.26 Å². The molecule has 0 unspecified atom stereocenters. The predicted molar refractivity (Wildman–Crippen MR) is 117 cm³/mol. The molecule has 4 aromatic heterocycles. The Bertz CT molecular complexity index is 1450. The number of nitrogens with zero attached hydrogens (tertiary/aromatic N) is 7. The standard InChI is InChI=1S/C22H19N7OS/c1-13-6-16(4-5-30-13)29-20(8-15-11-28-22(26-15)31-12-25-28)27-19-10-24-18-3-2-14(9-23)7-17(18)21(19)29/h2-3,7,10-13,16H,4-6,8H2,1H3/t13-,16-/m1/s1. The Morgan fingerprint density at radius 1 is 1.29 bits per heavy atom. The minimum Gasteiger partial charge on any atom is -0.378 e. The molecule has 1 fully saturated rings. The molecule has 0 radical (unpaired) electrons. The van der Waals surface area contributed by atoms with E-state index in [2.05, 4.69) is 27.6 Å². The summed E-state index contributed by atoms with van der Waals surface area (Å²) in [4.78, 5) is 15.2. The molecule has 1 aromatic carbocycles. The van der Waals surface area contributed by atoms with Crippen LogP contribution >= 0.6 is 11.3 Å². The highest BCUT2D eigenvalue weighted by Crippen LogP contribution is 2.34. The fourth-order valence-electron chi connectivity index (χ4n) is 4.55. The Hall–Kier alpha value is -3.35. The van der Waals surface area contributed by atoms with Gasteiger partial charge in [-0.25, -0.2) is 14.5 Å². The molecule has 1 saturated heterocycles. The number of fused-ring (bicyclic) bond motifs is 4. The van der Waals surface area contributed by atoms with Gasteiger partial charge in [0.05, 0.1) is 46.9 Å². The fraction of sp³-hybridized carbons (Fsp3) is 0.318. The lowest BCUT2D eigenvalue weighted by molar-refractivity contribution is 0.00631. The first-order valence-electron chi connectivity index (χ1n) is 10.3. The summed E-state index contributed by atoms with van der Waals surface area (Å²) in [5.41, 5.74) is 6.09. The maximum absolute atomic E-state index is 9.45. The zero-order valence-electron chi connectivity index (χ0n) is 16.9. The van der Waals surface area contributed by atoms with E-state index < -0.39 is 0 Å².